The third-order valence-electron chi connectivity index (χ3n) is 3.48. The predicted molar refractivity (Wildman–Crippen MR) is 113 cm³/mol. The number of hydrogen-bond donors (Lipinski definition) is 2. The van der Waals surface area contributed by atoms with Gasteiger partial charge < -0.3 is 14.8 Å². The van der Waals surface area contributed by atoms with Crippen LogP contribution in [0.5, 0.6) is 11.5 Å². The molecule has 0 spiro atoms. The van der Waals surface area contributed by atoms with Gasteiger partial charge in [-0.1, -0.05) is 26.0 Å². The molecule has 1 amide bonds. The summed E-state index contributed by atoms with van der Waals surface area (Å²) >= 11 is 5.17. The largest absolute Gasteiger partial charge is 0.497 e. The average molecular weight is 385 g/mol. The van der Waals surface area contributed by atoms with E-state index in [2.05, 4.69) is 24.5 Å². The molecule has 0 unspecified atom stereocenters. The Labute approximate surface area is 165 Å². The quantitative estimate of drug-likeness (QED) is 0.552. The molecule has 2 aromatic carbocycles. The minimum Gasteiger partial charge on any atom is -0.497 e. The van der Waals surface area contributed by atoms with Crippen molar-refractivity contribution in [3.8, 4) is 11.5 Å². The monoisotopic (exact) mass is 384 g/mol. The minimum absolute atomic E-state index is 0.232. The molecule has 0 atom stereocenters. The van der Waals surface area contributed by atoms with E-state index in [1.54, 1.807) is 13.2 Å². The van der Waals surface area contributed by atoms with Crippen molar-refractivity contribution in [2.24, 2.45) is 5.92 Å². The van der Waals surface area contributed by atoms with Crippen LogP contribution < -0.4 is 20.1 Å². The summed E-state index contributed by atoms with van der Waals surface area (Å²) in [6.07, 6.45) is 3.14. The van der Waals surface area contributed by atoms with Gasteiger partial charge in [-0.15, -0.1) is 0 Å². The molecule has 0 saturated heterocycles. The molecule has 0 fully saturated rings. The number of ether oxygens (including phenoxy) is 2. The summed E-state index contributed by atoms with van der Waals surface area (Å²) in [5, 5.41) is 5.82. The van der Waals surface area contributed by atoms with E-state index >= 15 is 0 Å². The van der Waals surface area contributed by atoms with E-state index in [1.165, 1.54) is 6.08 Å². The maximum absolute atomic E-state index is 12.0. The number of benzene rings is 2. The van der Waals surface area contributed by atoms with Gasteiger partial charge in [0.15, 0.2) is 5.11 Å². The summed E-state index contributed by atoms with van der Waals surface area (Å²) in [6, 6.07) is 14.8. The molecule has 6 heteroatoms. The Hall–Kier alpha value is -2.86. The Morgan fingerprint density at radius 1 is 1.07 bits per heavy atom. The number of rotatable bonds is 7. The topological polar surface area (TPSA) is 59.6 Å². The number of hydrogen-bond acceptors (Lipinski definition) is 4. The van der Waals surface area contributed by atoms with Crippen molar-refractivity contribution in [1.29, 1.82) is 0 Å². The predicted octanol–water partition coefficient (Wildman–Crippen LogP) is 4.26. The van der Waals surface area contributed by atoms with E-state index in [0.717, 1.165) is 22.7 Å². The van der Waals surface area contributed by atoms with Gasteiger partial charge in [-0.25, -0.2) is 0 Å². The zero-order chi connectivity index (χ0) is 19.6. The van der Waals surface area contributed by atoms with Crippen LogP contribution in [0.3, 0.4) is 0 Å². The molecule has 0 aliphatic carbocycles. The number of thiocarbonyl (C=S) groups is 1. The fourth-order valence-corrected chi connectivity index (χ4v) is 2.32. The molecule has 2 rings (SSSR count). The van der Waals surface area contributed by atoms with E-state index < -0.39 is 0 Å². The second-order valence-electron chi connectivity index (χ2n) is 6.28. The Morgan fingerprint density at radius 2 is 1.70 bits per heavy atom. The zero-order valence-electron chi connectivity index (χ0n) is 15.7. The van der Waals surface area contributed by atoms with Gasteiger partial charge >= 0.3 is 0 Å². The van der Waals surface area contributed by atoms with Gasteiger partial charge in [0.1, 0.15) is 11.5 Å². The SMILES string of the molecule is COc1ccc(C=CC(=O)NC(=S)Nc2ccc(OCC(C)C)cc2)cc1. The molecule has 0 saturated carbocycles. The summed E-state index contributed by atoms with van der Waals surface area (Å²) in [5.41, 5.74) is 1.66. The van der Waals surface area contributed by atoms with Gasteiger partial charge in [-0.05, 0) is 66.2 Å². The van der Waals surface area contributed by atoms with Gasteiger partial charge in [0.2, 0.25) is 5.91 Å². The Bertz CT molecular complexity index is 784. The maximum Gasteiger partial charge on any atom is 0.250 e. The number of carbonyl (C=O) groups excluding carboxylic acids is 1. The average Bonchev–Trinajstić information content (AvgIpc) is 2.66. The molecule has 0 aliphatic heterocycles. The molecule has 0 aliphatic rings. The van der Waals surface area contributed by atoms with Crippen molar-refractivity contribution < 1.29 is 14.3 Å². The number of amides is 1. The van der Waals surface area contributed by atoms with E-state index in [4.69, 9.17) is 21.7 Å². The molecule has 142 valence electrons. The molecule has 27 heavy (non-hydrogen) atoms. The first-order valence-corrected chi connectivity index (χ1v) is 9.04. The first kappa shape index (κ1) is 20.5. The highest BCUT2D eigenvalue weighted by Gasteiger charge is 2.03. The maximum atomic E-state index is 12.0. The van der Waals surface area contributed by atoms with E-state index in [9.17, 15) is 4.79 Å². The van der Waals surface area contributed by atoms with Crippen LogP contribution in [-0.4, -0.2) is 24.7 Å². The summed E-state index contributed by atoms with van der Waals surface area (Å²) in [6.45, 7) is 4.86. The van der Waals surface area contributed by atoms with Crippen LogP contribution in [0.25, 0.3) is 6.08 Å². The lowest BCUT2D eigenvalue weighted by Gasteiger charge is -2.11. The highest BCUT2D eigenvalue weighted by atomic mass is 32.1. The van der Waals surface area contributed by atoms with Crippen LogP contribution in [0.15, 0.2) is 54.6 Å². The van der Waals surface area contributed by atoms with Crippen molar-refractivity contribution in [2.45, 2.75) is 13.8 Å². The smallest absolute Gasteiger partial charge is 0.250 e. The minimum atomic E-state index is -0.305. The van der Waals surface area contributed by atoms with Crippen LogP contribution in [0, 0.1) is 5.92 Å². The molecule has 0 radical (unpaired) electrons. The zero-order valence-corrected chi connectivity index (χ0v) is 16.5. The first-order valence-electron chi connectivity index (χ1n) is 8.63. The normalized spacial score (nSPS) is 10.7. The molecule has 2 aromatic rings. The van der Waals surface area contributed by atoms with Gasteiger partial charge in [-0.3, -0.25) is 10.1 Å². The van der Waals surface area contributed by atoms with Crippen LogP contribution >= 0.6 is 12.2 Å². The van der Waals surface area contributed by atoms with Crippen LogP contribution in [-0.2, 0) is 4.79 Å². The van der Waals surface area contributed by atoms with Gasteiger partial charge in [0, 0.05) is 11.8 Å². The third kappa shape index (κ3) is 7.50. The van der Waals surface area contributed by atoms with E-state index in [1.807, 2.05) is 48.5 Å². The molecular weight excluding hydrogens is 360 g/mol. The molecular formula is C21H24N2O3S. The summed E-state index contributed by atoms with van der Waals surface area (Å²) in [4.78, 5) is 12.0. The third-order valence-corrected chi connectivity index (χ3v) is 3.68. The fourth-order valence-electron chi connectivity index (χ4n) is 2.10. The Balaban J connectivity index is 1.81. The Morgan fingerprint density at radius 3 is 2.30 bits per heavy atom. The van der Waals surface area contributed by atoms with Crippen molar-refractivity contribution >= 4 is 35.0 Å². The Kier molecular flexibility index (Phi) is 7.82. The standard InChI is InChI=1S/C21H24N2O3S/c1-15(2)14-26-19-11-7-17(8-12-19)22-21(27)23-20(24)13-6-16-4-9-18(25-3)10-5-16/h4-13,15H,14H2,1-3H3,(H2,22,23,24,27). The number of nitrogens with one attached hydrogen (secondary N) is 2. The lowest BCUT2D eigenvalue weighted by molar-refractivity contribution is -0.115. The molecule has 2 N–H and O–H groups in total. The molecule has 0 heterocycles. The molecule has 0 bridgehead atoms. The lowest BCUT2D eigenvalue weighted by atomic mass is 10.2. The van der Waals surface area contributed by atoms with E-state index in [-0.39, 0.29) is 11.0 Å². The number of carbonyl (C=O) groups is 1. The van der Waals surface area contributed by atoms with Gasteiger partial charge in [0.25, 0.3) is 0 Å². The van der Waals surface area contributed by atoms with Crippen LogP contribution in [0.4, 0.5) is 5.69 Å². The first-order chi connectivity index (χ1) is 13.0. The number of methoxy groups -OCH3 is 1. The molecule has 0 aromatic heterocycles. The van der Waals surface area contributed by atoms with Crippen molar-refractivity contribution in [2.75, 3.05) is 19.0 Å². The summed E-state index contributed by atoms with van der Waals surface area (Å²) in [7, 11) is 1.61. The van der Waals surface area contributed by atoms with Crippen LogP contribution in [0.1, 0.15) is 19.4 Å². The lowest BCUT2D eigenvalue weighted by Crippen LogP contribution is -2.32. The highest BCUT2D eigenvalue weighted by Crippen LogP contribution is 2.16. The number of anilines is 1. The summed E-state index contributed by atoms with van der Waals surface area (Å²) < 4.78 is 10.7. The van der Waals surface area contributed by atoms with Crippen LogP contribution in [0.2, 0.25) is 0 Å². The van der Waals surface area contributed by atoms with Gasteiger partial charge in [-0.2, -0.15) is 0 Å². The van der Waals surface area contributed by atoms with E-state index in [0.29, 0.717) is 12.5 Å². The molecule has 5 nitrogen and oxygen atoms in total. The van der Waals surface area contributed by atoms with Crippen molar-refractivity contribution in [3.63, 3.8) is 0 Å². The second kappa shape index (κ2) is 10.3. The highest BCUT2D eigenvalue weighted by molar-refractivity contribution is 7.80. The summed E-state index contributed by atoms with van der Waals surface area (Å²) in [5.74, 6) is 1.73. The second-order valence-corrected chi connectivity index (χ2v) is 6.69. The van der Waals surface area contributed by atoms with Crippen molar-refractivity contribution in [1.82, 2.24) is 5.32 Å². The fraction of sp³-hybridized carbons (Fsp3) is 0.238. The van der Waals surface area contributed by atoms with Crippen molar-refractivity contribution in [3.05, 3.63) is 60.2 Å². The van der Waals surface area contributed by atoms with Gasteiger partial charge in [0.05, 0.1) is 13.7 Å².